The number of nitrogens with two attached hydrogens (primary N) is 1. The Labute approximate surface area is 179 Å². The highest BCUT2D eigenvalue weighted by Gasteiger charge is 2.36. The van der Waals surface area contributed by atoms with E-state index in [1.54, 1.807) is 0 Å². The lowest BCUT2D eigenvalue weighted by Crippen LogP contribution is -2.39. The van der Waals surface area contributed by atoms with Gasteiger partial charge in [-0.1, -0.05) is 48.5 Å². The number of aliphatic carboxylic acids is 2. The summed E-state index contributed by atoms with van der Waals surface area (Å²) in [5, 5.41) is 32.5. The average molecular weight is 430 g/mol. The van der Waals surface area contributed by atoms with Gasteiger partial charge >= 0.3 is 11.9 Å². The maximum absolute atomic E-state index is 11.4. The number of amides is 1. The summed E-state index contributed by atoms with van der Waals surface area (Å²) in [4.78, 5) is 33.3. The van der Waals surface area contributed by atoms with Crippen LogP contribution in [0.4, 0.5) is 5.69 Å². The molecule has 1 aliphatic heterocycles. The van der Waals surface area contributed by atoms with Crippen LogP contribution in [-0.2, 0) is 14.4 Å². The Bertz CT molecular complexity index is 858. The minimum Gasteiger partial charge on any atom is -0.479 e. The quantitative estimate of drug-likeness (QED) is 0.435. The highest BCUT2D eigenvalue weighted by Crippen LogP contribution is 2.41. The van der Waals surface area contributed by atoms with E-state index in [1.165, 1.54) is 11.3 Å². The predicted molar refractivity (Wildman–Crippen MR) is 112 cm³/mol. The van der Waals surface area contributed by atoms with E-state index in [2.05, 4.69) is 53.4 Å². The number of anilines is 1. The highest BCUT2D eigenvalue weighted by atomic mass is 16.4. The highest BCUT2D eigenvalue weighted by molar-refractivity contribution is 5.83. The van der Waals surface area contributed by atoms with Crippen LogP contribution in [0.5, 0.6) is 0 Å². The van der Waals surface area contributed by atoms with Crippen molar-refractivity contribution < 1.29 is 34.8 Å². The lowest BCUT2D eigenvalue weighted by atomic mass is 9.90. The molecule has 9 heteroatoms. The third-order valence-corrected chi connectivity index (χ3v) is 5.02. The van der Waals surface area contributed by atoms with Crippen LogP contribution in [0.25, 0.3) is 0 Å². The maximum Gasteiger partial charge on any atom is 0.335 e. The lowest BCUT2D eigenvalue weighted by Gasteiger charge is -2.30. The molecule has 0 radical (unpaired) electrons. The van der Waals surface area contributed by atoms with Crippen LogP contribution in [-0.4, -0.2) is 57.0 Å². The molecule has 1 saturated heterocycles. The number of para-hydroxylation sites is 1. The summed E-state index contributed by atoms with van der Waals surface area (Å²) in [6, 6.07) is 21.0. The molecular weight excluding hydrogens is 404 g/mol. The molecular formula is C22H26N2O7. The first-order valence-corrected chi connectivity index (χ1v) is 9.69. The van der Waals surface area contributed by atoms with Crippen molar-refractivity contribution in [3.63, 3.8) is 0 Å². The molecule has 0 saturated carbocycles. The molecule has 3 rings (SSSR count). The van der Waals surface area contributed by atoms with Gasteiger partial charge < -0.3 is 31.1 Å². The molecule has 31 heavy (non-hydrogen) atoms. The molecule has 2 aromatic carbocycles. The Morgan fingerprint density at radius 1 is 0.903 bits per heavy atom. The van der Waals surface area contributed by atoms with E-state index < -0.39 is 24.1 Å². The summed E-state index contributed by atoms with van der Waals surface area (Å²) in [7, 11) is 0. The first-order valence-electron chi connectivity index (χ1n) is 9.69. The van der Waals surface area contributed by atoms with Crippen LogP contribution in [0.3, 0.4) is 0 Å². The van der Waals surface area contributed by atoms with Crippen molar-refractivity contribution in [3.8, 4) is 0 Å². The van der Waals surface area contributed by atoms with E-state index in [9.17, 15) is 14.4 Å². The lowest BCUT2D eigenvalue weighted by molar-refractivity contribution is -0.165. The summed E-state index contributed by atoms with van der Waals surface area (Å²) in [6.45, 7) is 0.960. The molecule has 0 aliphatic carbocycles. The monoisotopic (exact) mass is 430 g/mol. The third kappa shape index (κ3) is 6.53. The Morgan fingerprint density at radius 3 is 1.84 bits per heavy atom. The number of aliphatic hydroxyl groups is 2. The van der Waals surface area contributed by atoms with Crippen molar-refractivity contribution in [2.24, 2.45) is 11.7 Å². The number of carbonyl (C=O) groups is 3. The number of carboxylic acid groups (broad SMARTS) is 2. The second kappa shape index (κ2) is 11.1. The van der Waals surface area contributed by atoms with Crippen molar-refractivity contribution >= 4 is 23.5 Å². The Hall–Kier alpha value is -3.43. The number of aliphatic hydroxyl groups excluding tert-OH is 2. The van der Waals surface area contributed by atoms with Crippen LogP contribution >= 0.6 is 0 Å². The van der Waals surface area contributed by atoms with Gasteiger partial charge in [0.1, 0.15) is 0 Å². The van der Waals surface area contributed by atoms with Crippen LogP contribution in [0.15, 0.2) is 60.7 Å². The van der Waals surface area contributed by atoms with Crippen molar-refractivity contribution in [2.75, 3.05) is 11.4 Å². The van der Waals surface area contributed by atoms with Gasteiger partial charge in [0.05, 0.1) is 6.04 Å². The van der Waals surface area contributed by atoms with Gasteiger partial charge in [-0.2, -0.15) is 0 Å². The van der Waals surface area contributed by atoms with Crippen LogP contribution < -0.4 is 10.6 Å². The van der Waals surface area contributed by atoms with Crippen LogP contribution in [0.2, 0.25) is 0 Å². The van der Waals surface area contributed by atoms with E-state index in [0.717, 1.165) is 13.0 Å². The van der Waals surface area contributed by atoms with Crippen LogP contribution in [0.1, 0.15) is 24.4 Å². The van der Waals surface area contributed by atoms with Crippen LogP contribution in [0, 0.1) is 5.92 Å². The molecule has 1 aliphatic rings. The second-order valence-electron chi connectivity index (χ2n) is 7.17. The molecule has 1 heterocycles. The predicted octanol–water partition coefficient (Wildman–Crippen LogP) is 1.01. The number of carboxylic acids is 2. The van der Waals surface area contributed by atoms with E-state index in [0.29, 0.717) is 6.42 Å². The largest absolute Gasteiger partial charge is 0.479 e. The molecule has 6 N–H and O–H groups in total. The van der Waals surface area contributed by atoms with Gasteiger partial charge in [-0.15, -0.1) is 0 Å². The van der Waals surface area contributed by atoms with Gasteiger partial charge in [0, 0.05) is 18.7 Å². The average Bonchev–Trinajstić information content (AvgIpc) is 3.17. The molecule has 1 unspecified atom stereocenters. The Balaban J connectivity index is 0.000000291. The normalized spacial score (nSPS) is 19.6. The fourth-order valence-electron chi connectivity index (χ4n) is 3.61. The molecule has 166 valence electrons. The molecule has 9 nitrogen and oxygen atoms in total. The molecule has 2 aromatic rings. The van der Waals surface area contributed by atoms with Gasteiger partial charge in [-0.3, -0.25) is 4.79 Å². The fourth-order valence-corrected chi connectivity index (χ4v) is 3.61. The molecule has 0 spiro atoms. The summed E-state index contributed by atoms with van der Waals surface area (Å²) >= 11 is 0. The summed E-state index contributed by atoms with van der Waals surface area (Å²) in [5.74, 6) is -3.47. The molecule has 0 bridgehead atoms. The summed E-state index contributed by atoms with van der Waals surface area (Å²) in [6.07, 6.45) is -3.09. The van der Waals surface area contributed by atoms with E-state index in [-0.39, 0.29) is 17.9 Å². The second-order valence-corrected chi connectivity index (χ2v) is 7.17. The van der Waals surface area contributed by atoms with Crippen molar-refractivity contribution in [2.45, 2.75) is 31.1 Å². The Morgan fingerprint density at radius 2 is 1.39 bits per heavy atom. The molecule has 4 atom stereocenters. The van der Waals surface area contributed by atoms with Gasteiger partial charge in [-0.05, 0) is 30.0 Å². The fraction of sp³-hybridized carbons (Fsp3) is 0.318. The number of hydrogen-bond donors (Lipinski definition) is 5. The molecule has 1 fully saturated rings. The third-order valence-electron chi connectivity index (χ3n) is 5.02. The van der Waals surface area contributed by atoms with Crippen molar-refractivity contribution in [3.05, 3.63) is 66.2 Å². The van der Waals surface area contributed by atoms with Gasteiger partial charge in [-0.25, -0.2) is 9.59 Å². The SMILES string of the molecule is NC(=O)CC1CCN(c2ccccc2)[C@@H]1c1ccccc1.O=C(O)[C@H](O)[C@@H](O)C(=O)O. The zero-order valence-electron chi connectivity index (χ0n) is 16.7. The number of rotatable bonds is 7. The van der Waals surface area contributed by atoms with Gasteiger partial charge in [0.25, 0.3) is 0 Å². The number of primary amides is 1. The molecule has 1 amide bonds. The summed E-state index contributed by atoms with van der Waals surface area (Å²) < 4.78 is 0. The molecule has 0 aromatic heterocycles. The van der Waals surface area contributed by atoms with Crippen molar-refractivity contribution in [1.82, 2.24) is 0 Å². The minimum atomic E-state index is -2.27. The number of hydrogen-bond acceptors (Lipinski definition) is 6. The maximum atomic E-state index is 11.4. The zero-order valence-corrected chi connectivity index (χ0v) is 16.7. The van der Waals surface area contributed by atoms with E-state index >= 15 is 0 Å². The first kappa shape index (κ1) is 23.8. The zero-order chi connectivity index (χ0) is 23.0. The number of benzene rings is 2. The smallest absolute Gasteiger partial charge is 0.335 e. The van der Waals surface area contributed by atoms with E-state index in [4.69, 9.17) is 26.2 Å². The van der Waals surface area contributed by atoms with E-state index in [1.807, 2.05) is 12.1 Å². The Kier molecular flexibility index (Phi) is 8.53. The minimum absolute atomic E-state index is 0.212. The topological polar surface area (TPSA) is 161 Å². The first-order chi connectivity index (χ1) is 14.7. The number of carbonyl (C=O) groups excluding carboxylic acids is 1. The van der Waals surface area contributed by atoms with Gasteiger partial charge in [0.2, 0.25) is 5.91 Å². The standard InChI is InChI=1S/C18H20N2O.C4H6O6/c19-17(21)13-15-11-12-20(16-9-5-2-6-10-16)18(15)14-7-3-1-4-8-14;5-1(3(7)8)2(6)4(9)10/h1-10,15,18H,11-13H2,(H2,19,21);1-2,5-6H,(H,7,8)(H,9,10)/t15?,18-;1-,2-/m11/s1. The summed E-state index contributed by atoms with van der Waals surface area (Å²) in [5.41, 5.74) is 7.90. The van der Waals surface area contributed by atoms with Crippen molar-refractivity contribution in [1.29, 1.82) is 0 Å². The number of nitrogens with zero attached hydrogens (tertiary/aromatic N) is 1. The van der Waals surface area contributed by atoms with Gasteiger partial charge in [0.15, 0.2) is 12.2 Å².